The molecule has 0 aliphatic rings. The maximum Gasteiger partial charge on any atom is 0.205 e. The Morgan fingerprint density at radius 3 is 2.68 bits per heavy atom. The van der Waals surface area contributed by atoms with Gasteiger partial charge in [-0.3, -0.25) is 4.57 Å². The number of nitriles is 1. The van der Waals surface area contributed by atoms with E-state index in [9.17, 15) is 0 Å². The Labute approximate surface area is 110 Å². The molecule has 2 aromatic carbocycles. The molecule has 3 aromatic rings. The van der Waals surface area contributed by atoms with E-state index in [0.29, 0.717) is 17.0 Å². The summed E-state index contributed by atoms with van der Waals surface area (Å²) in [6.07, 6.45) is 0. The summed E-state index contributed by atoms with van der Waals surface area (Å²) in [5.74, 6) is 0.395. The molecule has 92 valence electrons. The lowest BCUT2D eigenvalue weighted by molar-refractivity contribution is 1.09. The number of rotatable bonds is 1. The third-order valence-electron chi connectivity index (χ3n) is 3.19. The molecule has 4 heteroatoms. The van der Waals surface area contributed by atoms with Crippen LogP contribution in [0.15, 0.2) is 42.5 Å². The number of aryl methyl sites for hydroxylation is 1. The van der Waals surface area contributed by atoms with Crippen molar-refractivity contribution in [1.82, 2.24) is 9.55 Å². The molecule has 0 amide bonds. The van der Waals surface area contributed by atoms with Crippen molar-refractivity contribution in [1.29, 1.82) is 5.26 Å². The number of imidazole rings is 1. The summed E-state index contributed by atoms with van der Waals surface area (Å²) in [6, 6.07) is 15.6. The van der Waals surface area contributed by atoms with Gasteiger partial charge in [-0.15, -0.1) is 0 Å². The van der Waals surface area contributed by atoms with Crippen LogP contribution in [0.2, 0.25) is 0 Å². The molecule has 0 atom stereocenters. The van der Waals surface area contributed by atoms with E-state index in [2.05, 4.69) is 11.1 Å². The molecule has 0 bridgehead atoms. The van der Waals surface area contributed by atoms with Crippen LogP contribution in [0.3, 0.4) is 0 Å². The number of nitrogens with two attached hydrogens (primary N) is 1. The van der Waals surface area contributed by atoms with Gasteiger partial charge in [-0.25, -0.2) is 4.98 Å². The van der Waals surface area contributed by atoms with Gasteiger partial charge in [-0.1, -0.05) is 24.3 Å². The third-order valence-corrected chi connectivity index (χ3v) is 3.19. The van der Waals surface area contributed by atoms with Crippen molar-refractivity contribution >= 4 is 17.0 Å². The summed E-state index contributed by atoms with van der Waals surface area (Å²) in [5.41, 5.74) is 10.1. The van der Waals surface area contributed by atoms with Gasteiger partial charge in [0.2, 0.25) is 5.95 Å². The minimum atomic E-state index is 0.395. The molecule has 19 heavy (non-hydrogen) atoms. The Bertz CT molecular complexity index is 809. The maximum atomic E-state index is 9.12. The topological polar surface area (TPSA) is 67.6 Å². The first-order valence-corrected chi connectivity index (χ1v) is 5.95. The summed E-state index contributed by atoms with van der Waals surface area (Å²) in [6.45, 7) is 2.02. The summed E-state index contributed by atoms with van der Waals surface area (Å²) >= 11 is 0. The number of nitrogen functional groups attached to an aromatic ring is 1. The number of hydrogen-bond donors (Lipinski definition) is 1. The summed E-state index contributed by atoms with van der Waals surface area (Å²) < 4.78 is 1.88. The van der Waals surface area contributed by atoms with Gasteiger partial charge in [0.05, 0.1) is 16.8 Å². The number of benzene rings is 2. The maximum absolute atomic E-state index is 9.12. The number of anilines is 1. The highest BCUT2D eigenvalue weighted by Crippen LogP contribution is 2.26. The largest absolute Gasteiger partial charge is 0.369 e. The van der Waals surface area contributed by atoms with E-state index in [-0.39, 0.29) is 0 Å². The second-order valence-corrected chi connectivity index (χ2v) is 4.38. The van der Waals surface area contributed by atoms with Crippen LogP contribution in [0.1, 0.15) is 11.1 Å². The lowest BCUT2D eigenvalue weighted by atomic mass is 10.1. The predicted octanol–water partition coefficient (Wildman–Crippen LogP) is 2.79. The van der Waals surface area contributed by atoms with Crippen molar-refractivity contribution in [3.8, 4) is 11.8 Å². The number of nitrogens with zero attached hydrogens (tertiary/aromatic N) is 3. The highest BCUT2D eigenvalue weighted by Gasteiger charge is 2.13. The van der Waals surface area contributed by atoms with Gasteiger partial charge in [0.1, 0.15) is 11.6 Å². The van der Waals surface area contributed by atoms with E-state index in [1.165, 1.54) is 0 Å². The van der Waals surface area contributed by atoms with E-state index in [1.807, 2.05) is 47.9 Å². The fraction of sp³-hybridized carbons (Fsp3) is 0.0667. The van der Waals surface area contributed by atoms with E-state index in [1.54, 1.807) is 6.07 Å². The van der Waals surface area contributed by atoms with E-state index in [4.69, 9.17) is 11.0 Å². The highest BCUT2D eigenvalue weighted by molar-refractivity contribution is 5.86. The zero-order chi connectivity index (χ0) is 13.4. The van der Waals surface area contributed by atoms with Crippen molar-refractivity contribution in [2.24, 2.45) is 0 Å². The quantitative estimate of drug-likeness (QED) is 0.720. The molecule has 3 rings (SSSR count). The summed E-state index contributed by atoms with van der Waals surface area (Å²) in [7, 11) is 0. The number of aromatic nitrogens is 2. The average Bonchev–Trinajstić information content (AvgIpc) is 2.75. The molecule has 0 unspecified atom stereocenters. The normalized spacial score (nSPS) is 10.5. The molecule has 0 radical (unpaired) electrons. The predicted molar refractivity (Wildman–Crippen MR) is 74.9 cm³/mol. The molecule has 0 saturated carbocycles. The molecule has 0 saturated heterocycles. The monoisotopic (exact) mass is 248 g/mol. The Morgan fingerprint density at radius 2 is 1.95 bits per heavy atom. The van der Waals surface area contributed by atoms with Crippen LogP contribution in [-0.4, -0.2) is 9.55 Å². The second kappa shape index (κ2) is 4.14. The Hall–Kier alpha value is -2.80. The van der Waals surface area contributed by atoms with Gasteiger partial charge in [0.25, 0.3) is 0 Å². The molecule has 1 heterocycles. The Balaban J connectivity index is 2.41. The zero-order valence-electron chi connectivity index (χ0n) is 10.5. The minimum Gasteiger partial charge on any atom is -0.369 e. The molecular formula is C15H12N4. The number of para-hydroxylation sites is 2. The van der Waals surface area contributed by atoms with Crippen molar-refractivity contribution in [3.63, 3.8) is 0 Å². The molecule has 0 aliphatic heterocycles. The van der Waals surface area contributed by atoms with Crippen LogP contribution in [0.5, 0.6) is 0 Å². The van der Waals surface area contributed by atoms with Crippen LogP contribution in [0.4, 0.5) is 5.95 Å². The van der Waals surface area contributed by atoms with Crippen LogP contribution in [0.25, 0.3) is 16.7 Å². The van der Waals surface area contributed by atoms with Crippen molar-refractivity contribution in [3.05, 3.63) is 53.6 Å². The van der Waals surface area contributed by atoms with Gasteiger partial charge in [-0.2, -0.15) is 5.26 Å². The summed E-state index contributed by atoms with van der Waals surface area (Å²) in [5, 5.41) is 9.12. The lowest BCUT2D eigenvalue weighted by Gasteiger charge is -2.09. The molecule has 4 nitrogen and oxygen atoms in total. The van der Waals surface area contributed by atoms with Gasteiger partial charge in [0, 0.05) is 0 Å². The standard InChI is InChI=1S/C15H12N4/c1-10-5-2-3-7-12(10)19-13-8-4-6-11(9-16)14(13)18-15(19)17/h2-8H,1H3,(H2,17,18). The second-order valence-electron chi connectivity index (χ2n) is 4.38. The molecule has 2 N–H and O–H groups in total. The van der Waals surface area contributed by atoms with Gasteiger partial charge < -0.3 is 5.73 Å². The van der Waals surface area contributed by atoms with Crippen LogP contribution < -0.4 is 5.73 Å². The first-order valence-electron chi connectivity index (χ1n) is 5.95. The van der Waals surface area contributed by atoms with E-state index >= 15 is 0 Å². The minimum absolute atomic E-state index is 0.395. The zero-order valence-corrected chi connectivity index (χ0v) is 10.5. The lowest BCUT2D eigenvalue weighted by Crippen LogP contribution is -2.02. The third kappa shape index (κ3) is 1.64. The average molecular weight is 248 g/mol. The SMILES string of the molecule is Cc1ccccc1-n1c(N)nc2c(C#N)cccc21. The molecule has 0 spiro atoms. The van der Waals surface area contributed by atoms with Crippen molar-refractivity contribution in [2.75, 3.05) is 5.73 Å². The molecule has 0 fully saturated rings. The van der Waals surface area contributed by atoms with E-state index < -0.39 is 0 Å². The smallest absolute Gasteiger partial charge is 0.205 e. The highest BCUT2D eigenvalue weighted by atomic mass is 15.2. The van der Waals surface area contributed by atoms with Gasteiger partial charge >= 0.3 is 0 Å². The van der Waals surface area contributed by atoms with Crippen LogP contribution >= 0.6 is 0 Å². The molecular weight excluding hydrogens is 236 g/mol. The van der Waals surface area contributed by atoms with Crippen molar-refractivity contribution in [2.45, 2.75) is 6.92 Å². The Kier molecular flexibility index (Phi) is 2.46. The van der Waals surface area contributed by atoms with Crippen molar-refractivity contribution < 1.29 is 0 Å². The molecule has 1 aromatic heterocycles. The number of fused-ring (bicyclic) bond motifs is 1. The first-order chi connectivity index (χ1) is 9.22. The fourth-order valence-electron chi connectivity index (χ4n) is 2.27. The van der Waals surface area contributed by atoms with Crippen LogP contribution in [-0.2, 0) is 0 Å². The molecule has 0 aliphatic carbocycles. The fourth-order valence-corrected chi connectivity index (χ4v) is 2.27. The first kappa shape index (κ1) is 11.3. The van der Waals surface area contributed by atoms with E-state index in [0.717, 1.165) is 16.8 Å². The van der Waals surface area contributed by atoms with Gasteiger partial charge in [-0.05, 0) is 30.7 Å². The summed E-state index contributed by atoms with van der Waals surface area (Å²) in [4.78, 5) is 4.32. The Morgan fingerprint density at radius 1 is 1.16 bits per heavy atom. The van der Waals surface area contributed by atoms with Gasteiger partial charge in [0.15, 0.2) is 0 Å². The number of hydrogen-bond acceptors (Lipinski definition) is 3. The van der Waals surface area contributed by atoms with Crippen LogP contribution in [0, 0.1) is 18.3 Å².